The van der Waals surface area contributed by atoms with E-state index in [-0.39, 0.29) is 5.54 Å². The van der Waals surface area contributed by atoms with Crippen LogP contribution >= 0.6 is 0 Å². The Bertz CT molecular complexity index is 456. The third-order valence-corrected chi connectivity index (χ3v) is 4.16. The molecule has 4 nitrogen and oxygen atoms in total. The van der Waals surface area contributed by atoms with Gasteiger partial charge in [-0.15, -0.1) is 0 Å². The predicted octanol–water partition coefficient (Wildman–Crippen LogP) is 2.83. The molecule has 21 heavy (non-hydrogen) atoms. The van der Waals surface area contributed by atoms with Gasteiger partial charge in [-0.1, -0.05) is 6.92 Å². The monoisotopic (exact) mass is 291 g/mol. The minimum absolute atomic E-state index is 0.111. The second-order valence-electron chi connectivity index (χ2n) is 7.10. The number of rotatable bonds is 4. The van der Waals surface area contributed by atoms with Gasteiger partial charge in [-0.3, -0.25) is 4.98 Å². The molecular weight excluding hydrogens is 262 g/mol. The molecule has 0 radical (unpaired) electrons. The van der Waals surface area contributed by atoms with Gasteiger partial charge < -0.3 is 15.0 Å². The van der Waals surface area contributed by atoms with Crippen molar-refractivity contribution in [2.75, 3.05) is 25.1 Å². The first kappa shape index (κ1) is 16.2. The fourth-order valence-electron chi connectivity index (χ4n) is 2.69. The standard InChI is InChI=1S/C17H29N3O/c1-13-7-9-20(12-16(13)21-5)15-6-8-18-14(10-15)11-19-17(2,3)4/h6,8,10,13,16,19H,7,9,11-12H2,1-5H3. The zero-order chi connectivity index (χ0) is 15.5. The van der Waals surface area contributed by atoms with E-state index in [1.807, 2.05) is 13.3 Å². The van der Waals surface area contributed by atoms with Crippen LogP contribution in [0.2, 0.25) is 0 Å². The van der Waals surface area contributed by atoms with Gasteiger partial charge in [-0.05, 0) is 45.2 Å². The number of anilines is 1. The lowest BCUT2D eigenvalue weighted by Gasteiger charge is -2.37. The molecule has 1 aromatic heterocycles. The van der Waals surface area contributed by atoms with Crippen molar-refractivity contribution in [3.05, 3.63) is 24.0 Å². The van der Waals surface area contributed by atoms with Crippen LogP contribution in [0.25, 0.3) is 0 Å². The Morgan fingerprint density at radius 3 is 2.86 bits per heavy atom. The summed E-state index contributed by atoms with van der Waals surface area (Å²) in [5, 5.41) is 3.49. The van der Waals surface area contributed by atoms with E-state index in [0.29, 0.717) is 12.0 Å². The number of methoxy groups -OCH3 is 1. The summed E-state index contributed by atoms with van der Waals surface area (Å²) in [5.41, 5.74) is 2.46. The topological polar surface area (TPSA) is 37.4 Å². The first-order valence-corrected chi connectivity index (χ1v) is 7.87. The largest absolute Gasteiger partial charge is 0.379 e. The predicted molar refractivity (Wildman–Crippen MR) is 87.6 cm³/mol. The van der Waals surface area contributed by atoms with Crippen LogP contribution < -0.4 is 10.2 Å². The van der Waals surface area contributed by atoms with Gasteiger partial charge in [0.1, 0.15) is 0 Å². The summed E-state index contributed by atoms with van der Waals surface area (Å²) in [7, 11) is 1.82. The lowest BCUT2D eigenvalue weighted by atomic mass is 9.95. The molecule has 2 heterocycles. The van der Waals surface area contributed by atoms with E-state index in [2.05, 4.69) is 55.0 Å². The van der Waals surface area contributed by atoms with Crippen LogP contribution in [0, 0.1) is 5.92 Å². The van der Waals surface area contributed by atoms with E-state index in [4.69, 9.17) is 4.74 Å². The molecule has 0 aromatic carbocycles. The summed E-state index contributed by atoms with van der Waals surface area (Å²) in [4.78, 5) is 6.88. The van der Waals surface area contributed by atoms with Gasteiger partial charge in [-0.2, -0.15) is 0 Å². The van der Waals surface area contributed by atoms with Gasteiger partial charge in [0, 0.05) is 44.2 Å². The van der Waals surface area contributed by atoms with Gasteiger partial charge in [0.15, 0.2) is 0 Å². The van der Waals surface area contributed by atoms with Crippen LogP contribution in [-0.2, 0) is 11.3 Å². The lowest BCUT2D eigenvalue weighted by Crippen LogP contribution is -2.44. The molecule has 1 N–H and O–H groups in total. The molecule has 0 amide bonds. The Labute approximate surface area is 128 Å². The molecule has 0 bridgehead atoms. The van der Waals surface area contributed by atoms with Crippen molar-refractivity contribution >= 4 is 5.69 Å². The second-order valence-corrected chi connectivity index (χ2v) is 7.10. The summed E-state index contributed by atoms with van der Waals surface area (Å²) >= 11 is 0. The highest BCUT2D eigenvalue weighted by Crippen LogP contribution is 2.25. The lowest BCUT2D eigenvalue weighted by molar-refractivity contribution is 0.0498. The van der Waals surface area contributed by atoms with E-state index >= 15 is 0 Å². The minimum Gasteiger partial charge on any atom is -0.379 e. The molecule has 1 aliphatic heterocycles. The fraction of sp³-hybridized carbons (Fsp3) is 0.706. The third kappa shape index (κ3) is 4.68. The average Bonchev–Trinajstić information content (AvgIpc) is 2.45. The highest BCUT2D eigenvalue weighted by molar-refractivity contribution is 5.47. The molecular formula is C17H29N3O. The quantitative estimate of drug-likeness (QED) is 0.925. The molecule has 4 heteroatoms. The first-order valence-electron chi connectivity index (χ1n) is 7.87. The zero-order valence-electron chi connectivity index (χ0n) is 14.0. The summed E-state index contributed by atoms with van der Waals surface area (Å²) < 4.78 is 5.61. The van der Waals surface area contributed by atoms with Crippen molar-refractivity contribution in [2.45, 2.75) is 52.3 Å². The van der Waals surface area contributed by atoms with Gasteiger partial charge >= 0.3 is 0 Å². The van der Waals surface area contributed by atoms with Crippen molar-refractivity contribution in [3.63, 3.8) is 0 Å². The van der Waals surface area contributed by atoms with E-state index in [0.717, 1.165) is 25.3 Å². The molecule has 2 rings (SSSR count). The highest BCUT2D eigenvalue weighted by atomic mass is 16.5. The van der Waals surface area contributed by atoms with Crippen LogP contribution in [-0.4, -0.2) is 36.8 Å². The molecule has 2 atom stereocenters. The van der Waals surface area contributed by atoms with Crippen LogP contribution in [0.15, 0.2) is 18.3 Å². The highest BCUT2D eigenvalue weighted by Gasteiger charge is 2.26. The van der Waals surface area contributed by atoms with Crippen LogP contribution in [0.4, 0.5) is 5.69 Å². The summed E-state index contributed by atoms with van der Waals surface area (Å²) in [6.45, 7) is 11.7. The van der Waals surface area contributed by atoms with Gasteiger partial charge in [-0.25, -0.2) is 0 Å². The van der Waals surface area contributed by atoms with E-state index in [1.54, 1.807) is 0 Å². The molecule has 1 aromatic rings. The second kappa shape index (κ2) is 6.75. The summed E-state index contributed by atoms with van der Waals surface area (Å²) in [6, 6.07) is 4.30. The molecule has 0 saturated carbocycles. The molecule has 0 spiro atoms. The van der Waals surface area contributed by atoms with Gasteiger partial charge in [0.25, 0.3) is 0 Å². The Morgan fingerprint density at radius 1 is 1.43 bits per heavy atom. The van der Waals surface area contributed by atoms with E-state index in [1.165, 1.54) is 12.1 Å². The summed E-state index contributed by atoms with van der Waals surface area (Å²) in [5.74, 6) is 0.634. The van der Waals surface area contributed by atoms with Crippen LogP contribution in [0.3, 0.4) is 0 Å². The maximum atomic E-state index is 5.61. The molecule has 118 valence electrons. The molecule has 1 fully saturated rings. The molecule has 2 unspecified atom stereocenters. The Kier molecular flexibility index (Phi) is 5.22. The average molecular weight is 291 g/mol. The molecule has 1 aliphatic rings. The van der Waals surface area contributed by atoms with Crippen LogP contribution in [0.5, 0.6) is 0 Å². The molecule has 0 aliphatic carbocycles. The number of nitrogens with one attached hydrogen (secondary N) is 1. The summed E-state index contributed by atoms with van der Waals surface area (Å²) in [6.07, 6.45) is 3.41. The van der Waals surface area contributed by atoms with Crippen molar-refractivity contribution in [1.82, 2.24) is 10.3 Å². The number of nitrogens with zero attached hydrogens (tertiary/aromatic N) is 2. The Balaban J connectivity index is 2.03. The third-order valence-electron chi connectivity index (χ3n) is 4.16. The van der Waals surface area contributed by atoms with Crippen molar-refractivity contribution in [3.8, 4) is 0 Å². The zero-order valence-corrected chi connectivity index (χ0v) is 14.0. The first-order chi connectivity index (χ1) is 9.89. The number of hydrogen-bond acceptors (Lipinski definition) is 4. The number of hydrogen-bond donors (Lipinski definition) is 1. The fourth-order valence-corrected chi connectivity index (χ4v) is 2.69. The van der Waals surface area contributed by atoms with Crippen LogP contribution in [0.1, 0.15) is 39.8 Å². The molecule has 1 saturated heterocycles. The number of pyridine rings is 1. The SMILES string of the molecule is COC1CN(c2ccnc(CNC(C)(C)C)c2)CCC1C. The Hall–Kier alpha value is -1.13. The van der Waals surface area contributed by atoms with Gasteiger partial charge in [0.05, 0.1) is 11.8 Å². The van der Waals surface area contributed by atoms with Crippen molar-refractivity contribution < 1.29 is 4.74 Å². The maximum absolute atomic E-state index is 5.61. The van der Waals surface area contributed by atoms with Gasteiger partial charge in [0.2, 0.25) is 0 Å². The minimum atomic E-state index is 0.111. The smallest absolute Gasteiger partial charge is 0.0772 e. The van der Waals surface area contributed by atoms with Crippen molar-refractivity contribution in [1.29, 1.82) is 0 Å². The number of piperidine rings is 1. The number of ether oxygens (including phenoxy) is 1. The Morgan fingerprint density at radius 2 is 2.19 bits per heavy atom. The van der Waals surface area contributed by atoms with E-state index < -0.39 is 0 Å². The normalized spacial score (nSPS) is 23.4. The van der Waals surface area contributed by atoms with Crippen molar-refractivity contribution in [2.24, 2.45) is 5.92 Å². The van der Waals surface area contributed by atoms with E-state index in [9.17, 15) is 0 Å². The maximum Gasteiger partial charge on any atom is 0.0772 e. The number of aromatic nitrogens is 1.